The van der Waals surface area contributed by atoms with Gasteiger partial charge in [-0.2, -0.15) is 5.10 Å². The van der Waals surface area contributed by atoms with Crippen molar-refractivity contribution in [2.45, 2.75) is 166 Å². The molecule has 10 atom stereocenters. The summed E-state index contributed by atoms with van der Waals surface area (Å²) < 4.78 is 6.49. The lowest BCUT2D eigenvalue weighted by molar-refractivity contribution is -0.278. The normalized spacial score (nSPS) is 38.7. The van der Waals surface area contributed by atoms with E-state index in [1.54, 1.807) is 0 Å². The fourth-order valence-corrected chi connectivity index (χ4v) is 15.5. The number of ether oxygens (including phenoxy) is 1. The molecule has 1 amide bonds. The highest BCUT2D eigenvalue weighted by Gasteiger charge is 2.74. The molecule has 10 nitrogen and oxygen atoms in total. The van der Waals surface area contributed by atoms with Crippen LogP contribution in [0.4, 0.5) is 0 Å². The van der Waals surface area contributed by atoms with Gasteiger partial charge in [-0.3, -0.25) is 24.3 Å². The molecule has 2 N–H and O–H groups in total. The number of nitrogens with one attached hydrogen (secondary N) is 1. The van der Waals surface area contributed by atoms with Crippen molar-refractivity contribution in [1.82, 2.24) is 20.0 Å². The van der Waals surface area contributed by atoms with Gasteiger partial charge in [0, 0.05) is 36.9 Å². The molecule has 7 rings (SSSR count). The van der Waals surface area contributed by atoms with Gasteiger partial charge < -0.3 is 19.6 Å². The van der Waals surface area contributed by atoms with Crippen LogP contribution >= 0.6 is 0 Å². The third-order valence-electron chi connectivity index (χ3n) is 20.0. The minimum absolute atomic E-state index is 0.00882. The summed E-state index contributed by atoms with van der Waals surface area (Å²) in [5.74, 6) is -0.611. The van der Waals surface area contributed by atoms with Crippen molar-refractivity contribution >= 4 is 23.6 Å². The summed E-state index contributed by atoms with van der Waals surface area (Å²) in [6, 6.07) is 1.91. The number of ketones is 1. The number of aliphatic carboxylic acids is 1. The van der Waals surface area contributed by atoms with E-state index < -0.39 is 17.3 Å². The molecule has 0 bridgehead atoms. The summed E-state index contributed by atoms with van der Waals surface area (Å²) in [6.07, 6.45) is 9.63. The van der Waals surface area contributed by atoms with Gasteiger partial charge >= 0.3 is 11.9 Å². The lowest BCUT2D eigenvalue weighted by atomic mass is 9.28. The SMILES string of the molecule is CC(C)C1=C2C3CC[C@@]4(C)[C@@](C)(CC[C@H]5C(C)(C)[C@@H](OC(=O)[C@H]6C[C@@H](C(=O)O)C6(C)C)CC[C@@]54C)[C@]3(C)CC[C@@]2(CCN(CCN(C)C)C(=O)c2cc(C(C)C)n[nH]2)CC1=O. The lowest BCUT2D eigenvalue weighted by Crippen LogP contribution is -2.70. The number of rotatable bonds is 12. The molecule has 1 unspecified atom stereocenters. The zero-order valence-corrected chi connectivity index (χ0v) is 40.3. The molecule has 0 saturated heterocycles. The molecule has 1 heterocycles. The topological polar surface area (TPSA) is 133 Å². The summed E-state index contributed by atoms with van der Waals surface area (Å²) in [4.78, 5) is 58.4. The zero-order valence-electron chi connectivity index (χ0n) is 40.3. The Labute approximate surface area is 367 Å². The first-order chi connectivity index (χ1) is 28.2. The first-order valence-electron chi connectivity index (χ1n) is 23.9. The van der Waals surface area contributed by atoms with Crippen LogP contribution in [0.15, 0.2) is 17.2 Å². The fourth-order valence-electron chi connectivity index (χ4n) is 15.5. The van der Waals surface area contributed by atoms with Gasteiger partial charge in [-0.1, -0.05) is 88.7 Å². The molecule has 5 fully saturated rings. The van der Waals surface area contributed by atoms with Crippen LogP contribution in [-0.4, -0.2) is 88.6 Å². The number of allylic oxidation sites excluding steroid dienone is 2. The molecule has 0 spiro atoms. The quantitative estimate of drug-likeness (QED) is 0.199. The number of carboxylic acids is 1. The van der Waals surface area contributed by atoms with Gasteiger partial charge in [-0.05, 0) is 141 Å². The third-order valence-corrected chi connectivity index (χ3v) is 20.0. The van der Waals surface area contributed by atoms with E-state index in [0.717, 1.165) is 75.6 Å². The van der Waals surface area contributed by atoms with Crippen molar-refractivity contribution in [3.63, 3.8) is 0 Å². The minimum atomic E-state index is -0.829. The van der Waals surface area contributed by atoms with Gasteiger partial charge in [0.1, 0.15) is 11.8 Å². The molecule has 5 saturated carbocycles. The van der Waals surface area contributed by atoms with Crippen molar-refractivity contribution in [3.8, 4) is 0 Å². The molecule has 1 aromatic rings. The largest absolute Gasteiger partial charge is 0.481 e. The van der Waals surface area contributed by atoms with Crippen LogP contribution in [0.1, 0.15) is 176 Å². The van der Waals surface area contributed by atoms with Crippen LogP contribution in [-0.2, 0) is 19.1 Å². The van der Waals surface area contributed by atoms with Crippen molar-refractivity contribution < 1.29 is 29.0 Å². The molecule has 6 aliphatic carbocycles. The second-order valence-electron chi connectivity index (χ2n) is 24.0. The molecule has 340 valence electrons. The maximum atomic E-state index is 14.4. The van der Waals surface area contributed by atoms with Gasteiger partial charge in [-0.25, -0.2) is 0 Å². The Morgan fingerprint density at radius 1 is 0.820 bits per heavy atom. The number of hydrogen-bond donors (Lipinski definition) is 2. The lowest BCUT2D eigenvalue weighted by Gasteiger charge is -2.76. The number of nitrogens with zero attached hydrogens (tertiary/aromatic N) is 3. The van der Waals surface area contributed by atoms with Crippen LogP contribution in [0.3, 0.4) is 0 Å². The standard InChI is InChI=1S/C51H80N4O6/c1-30(2)35-28-36(53-52-35)42(57)55(26-25-54(13)14)24-23-51-22-21-47(9)32(41(51)40(31(3)4)37(56)29-51)15-19-50(12)48(10)18-17-39(46(7,8)38(48)16-20-49(47,50)11)61-44(60)34-27-33(43(58)59)45(34,5)6/h28,30-34,38-39H,15-27,29H2,1-14H3,(H,52,53)(H,58,59)/t32?,33-,34+,38-,39-,47+,48-,49-,50+,51+/m0/s1. The fraction of sp³-hybridized carbons (Fsp3) is 0.824. The Hall–Kier alpha value is -3.01. The molecule has 0 radical (unpaired) electrons. The minimum Gasteiger partial charge on any atom is -0.481 e. The number of aromatic nitrogens is 2. The summed E-state index contributed by atoms with van der Waals surface area (Å²) in [6.45, 7) is 29.4. The number of H-pyrrole nitrogens is 1. The molecule has 1 aromatic heterocycles. The number of carbonyl (C=O) groups is 4. The van der Waals surface area contributed by atoms with Crippen LogP contribution in [0.25, 0.3) is 0 Å². The van der Waals surface area contributed by atoms with Crippen molar-refractivity contribution in [2.24, 2.45) is 67.5 Å². The van der Waals surface area contributed by atoms with E-state index in [1.807, 2.05) is 38.9 Å². The number of likely N-dealkylation sites (N-methyl/N-ethyl adjacent to an activating group) is 1. The predicted molar refractivity (Wildman–Crippen MR) is 239 cm³/mol. The number of aromatic amines is 1. The Morgan fingerprint density at radius 2 is 1.48 bits per heavy atom. The average Bonchev–Trinajstić information content (AvgIpc) is 3.77. The Bertz CT molecular complexity index is 1960. The summed E-state index contributed by atoms with van der Waals surface area (Å²) in [5, 5.41) is 17.2. The first-order valence-corrected chi connectivity index (χ1v) is 23.9. The molecule has 61 heavy (non-hydrogen) atoms. The van der Waals surface area contributed by atoms with Crippen molar-refractivity contribution in [1.29, 1.82) is 0 Å². The number of carboxylic acid groups (broad SMARTS) is 1. The average molecular weight is 845 g/mol. The first kappa shape index (κ1) is 46.0. The van der Waals surface area contributed by atoms with E-state index >= 15 is 0 Å². The van der Waals surface area contributed by atoms with E-state index in [1.165, 1.54) is 5.57 Å². The smallest absolute Gasteiger partial charge is 0.309 e. The van der Waals surface area contributed by atoms with E-state index in [9.17, 15) is 24.3 Å². The number of Topliss-reactive ketones (excluding diaryl/α,β-unsaturated/α-hetero) is 1. The predicted octanol–water partition coefficient (Wildman–Crippen LogP) is 9.96. The van der Waals surface area contributed by atoms with Crippen LogP contribution < -0.4 is 0 Å². The van der Waals surface area contributed by atoms with Gasteiger partial charge in [-0.15, -0.1) is 0 Å². The number of fused-ring (bicyclic) bond motifs is 7. The van der Waals surface area contributed by atoms with Gasteiger partial charge in [0.05, 0.1) is 17.5 Å². The number of hydrogen-bond acceptors (Lipinski definition) is 7. The molecule has 0 aromatic carbocycles. The van der Waals surface area contributed by atoms with Crippen LogP contribution in [0.2, 0.25) is 0 Å². The van der Waals surface area contributed by atoms with Crippen molar-refractivity contribution in [3.05, 3.63) is 28.6 Å². The van der Waals surface area contributed by atoms with E-state index in [2.05, 4.69) is 84.3 Å². The second-order valence-corrected chi connectivity index (χ2v) is 24.0. The molecule has 0 aliphatic heterocycles. The van der Waals surface area contributed by atoms with Gasteiger partial charge in [0.2, 0.25) is 0 Å². The number of esters is 1. The number of amides is 1. The maximum absolute atomic E-state index is 14.4. The second kappa shape index (κ2) is 15.3. The molecule has 6 aliphatic rings. The third kappa shape index (κ3) is 6.73. The van der Waals surface area contributed by atoms with Crippen LogP contribution in [0, 0.1) is 67.5 Å². The van der Waals surface area contributed by atoms with E-state index in [4.69, 9.17) is 4.74 Å². The molecular formula is C51H80N4O6. The Morgan fingerprint density at radius 3 is 2.07 bits per heavy atom. The molecular weight excluding hydrogens is 765 g/mol. The summed E-state index contributed by atoms with van der Waals surface area (Å²) in [7, 11) is 4.09. The summed E-state index contributed by atoms with van der Waals surface area (Å²) >= 11 is 0. The highest BCUT2D eigenvalue weighted by molar-refractivity contribution is 6.00. The Balaban J connectivity index is 1.16. The zero-order chi connectivity index (χ0) is 45.0. The highest BCUT2D eigenvalue weighted by atomic mass is 16.5. The number of carbonyl (C=O) groups excluding carboxylic acids is 3. The van der Waals surface area contributed by atoms with E-state index in [-0.39, 0.29) is 68.2 Å². The van der Waals surface area contributed by atoms with Gasteiger partial charge in [0.15, 0.2) is 5.78 Å². The van der Waals surface area contributed by atoms with Crippen LogP contribution in [0.5, 0.6) is 0 Å². The Kier molecular flexibility index (Phi) is 11.6. The highest BCUT2D eigenvalue weighted by Crippen LogP contribution is 2.81. The van der Waals surface area contributed by atoms with Gasteiger partial charge in [0.25, 0.3) is 5.91 Å². The maximum Gasteiger partial charge on any atom is 0.309 e. The van der Waals surface area contributed by atoms with E-state index in [0.29, 0.717) is 49.2 Å². The summed E-state index contributed by atoms with van der Waals surface area (Å²) in [5.41, 5.74) is 2.91. The molecule has 10 heteroatoms. The monoisotopic (exact) mass is 845 g/mol. The van der Waals surface area contributed by atoms with Crippen molar-refractivity contribution in [2.75, 3.05) is 33.7 Å².